The smallest absolute Gasteiger partial charge is 0.0945 e. The van der Waals surface area contributed by atoms with Gasteiger partial charge in [0.2, 0.25) is 0 Å². The average Bonchev–Trinajstić information content (AvgIpc) is 2.29. The fourth-order valence-corrected chi connectivity index (χ4v) is 2.24. The second kappa shape index (κ2) is 6.91. The van der Waals surface area contributed by atoms with Gasteiger partial charge in [0.1, 0.15) is 0 Å². The summed E-state index contributed by atoms with van der Waals surface area (Å²) < 4.78 is 0. The molecule has 0 bridgehead atoms. The highest BCUT2D eigenvalue weighted by Gasteiger charge is 2.20. The summed E-state index contributed by atoms with van der Waals surface area (Å²) in [5.74, 6) is 0.602. The Kier molecular flexibility index (Phi) is 5.83. The van der Waals surface area contributed by atoms with Gasteiger partial charge in [-0.25, -0.2) is 0 Å². The third kappa shape index (κ3) is 4.11. The quantitative estimate of drug-likeness (QED) is 0.810. The summed E-state index contributed by atoms with van der Waals surface area (Å²) in [6.45, 7) is 11.6. The van der Waals surface area contributed by atoms with Crippen LogP contribution in [-0.4, -0.2) is 17.7 Å². The van der Waals surface area contributed by atoms with Gasteiger partial charge in [0.05, 0.1) is 6.10 Å². The minimum Gasteiger partial charge on any atom is -0.387 e. The van der Waals surface area contributed by atoms with Gasteiger partial charge in [-0.3, -0.25) is 0 Å². The van der Waals surface area contributed by atoms with E-state index in [1.807, 2.05) is 0 Å². The first-order valence-electron chi connectivity index (χ1n) is 6.94. The van der Waals surface area contributed by atoms with Crippen LogP contribution in [0.2, 0.25) is 0 Å². The first kappa shape index (κ1) is 15.2. The molecule has 0 aromatic heterocycles. The highest BCUT2D eigenvalue weighted by atomic mass is 16.3. The maximum Gasteiger partial charge on any atom is 0.0945 e. The van der Waals surface area contributed by atoms with Crippen LogP contribution in [0.1, 0.15) is 50.0 Å². The van der Waals surface area contributed by atoms with E-state index in [-0.39, 0.29) is 6.04 Å². The maximum atomic E-state index is 10.5. The fourth-order valence-electron chi connectivity index (χ4n) is 2.24. The van der Waals surface area contributed by atoms with E-state index in [9.17, 15) is 5.11 Å². The van der Waals surface area contributed by atoms with Gasteiger partial charge >= 0.3 is 0 Å². The van der Waals surface area contributed by atoms with Crippen LogP contribution in [-0.2, 0) is 0 Å². The van der Waals surface area contributed by atoms with E-state index in [1.54, 1.807) is 0 Å². The lowest BCUT2D eigenvalue weighted by atomic mass is 9.95. The minimum atomic E-state index is -0.422. The molecule has 0 radical (unpaired) electrons. The van der Waals surface area contributed by atoms with E-state index in [0.29, 0.717) is 5.92 Å². The summed E-state index contributed by atoms with van der Waals surface area (Å²) >= 11 is 0. The molecule has 102 valence electrons. The summed E-state index contributed by atoms with van der Waals surface area (Å²) in [5.41, 5.74) is 3.46. The highest BCUT2D eigenvalue weighted by Crippen LogP contribution is 2.23. The zero-order valence-corrected chi connectivity index (χ0v) is 12.3. The Morgan fingerprint density at radius 3 is 2.39 bits per heavy atom. The van der Waals surface area contributed by atoms with E-state index in [0.717, 1.165) is 18.5 Å². The van der Waals surface area contributed by atoms with Crippen LogP contribution in [0.25, 0.3) is 0 Å². The van der Waals surface area contributed by atoms with Crippen molar-refractivity contribution < 1.29 is 5.11 Å². The Labute approximate surface area is 111 Å². The number of hydrogen-bond donors (Lipinski definition) is 2. The Bertz CT molecular complexity index is 373. The predicted octanol–water partition coefficient (Wildman–Crippen LogP) is 3.36. The van der Waals surface area contributed by atoms with Crippen LogP contribution in [0.15, 0.2) is 18.2 Å². The number of aliphatic hydroxyl groups is 1. The van der Waals surface area contributed by atoms with Crippen LogP contribution in [0.5, 0.6) is 0 Å². The molecule has 1 aromatic rings. The van der Waals surface area contributed by atoms with Crippen molar-refractivity contribution in [3.63, 3.8) is 0 Å². The number of aliphatic hydroxyl groups excluding tert-OH is 1. The molecule has 0 aliphatic heterocycles. The van der Waals surface area contributed by atoms with Crippen molar-refractivity contribution in [1.29, 1.82) is 0 Å². The van der Waals surface area contributed by atoms with Gasteiger partial charge in [0.15, 0.2) is 0 Å². The zero-order valence-electron chi connectivity index (χ0n) is 12.3. The Balaban J connectivity index is 2.79. The summed E-state index contributed by atoms with van der Waals surface area (Å²) in [6, 6.07) is 6.39. The molecule has 0 saturated carbocycles. The van der Waals surface area contributed by atoms with Crippen molar-refractivity contribution in [3.8, 4) is 0 Å². The van der Waals surface area contributed by atoms with Crippen LogP contribution in [0.3, 0.4) is 0 Å². The second-order valence-corrected chi connectivity index (χ2v) is 5.62. The lowest BCUT2D eigenvalue weighted by Gasteiger charge is -2.25. The van der Waals surface area contributed by atoms with Crippen LogP contribution < -0.4 is 5.32 Å². The number of benzene rings is 1. The molecule has 0 aliphatic rings. The van der Waals surface area contributed by atoms with Crippen molar-refractivity contribution in [2.45, 2.75) is 53.2 Å². The van der Waals surface area contributed by atoms with Crippen molar-refractivity contribution in [1.82, 2.24) is 5.32 Å². The second-order valence-electron chi connectivity index (χ2n) is 5.62. The molecule has 0 fully saturated rings. The normalized spacial score (nSPS) is 14.8. The lowest BCUT2D eigenvalue weighted by Crippen LogP contribution is -2.37. The summed E-state index contributed by atoms with van der Waals surface area (Å²) in [7, 11) is 0. The van der Waals surface area contributed by atoms with Crippen molar-refractivity contribution >= 4 is 0 Å². The molecule has 2 unspecified atom stereocenters. The molecule has 1 rings (SSSR count). The average molecular weight is 249 g/mol. The van der Waals surface area contributed by atoms with Crippen LogP contribution in [0, 0.1) is 19.8 Å². The SMILES string of the molecule is CCC(NCC(C)C)C(O)c1ccc(C)cc1C. The number of hydrogen-bond acceptors (Lipinski definition) is 2. The number of rotatable bonds is 6. The Morgan fingerprint density at radius 1 is 1.22 bits per heavy atom. The predicted molar refractivity (Wildman–Crippen MR) is 77.8 cm³/mol. The first-order valence-corrected chi connectivity index (χ1v) is 6.94. The third-order valence-corrected chi connectivity index (χ3v) is 3.35. The van der Waals surface area contributed by atoms with E-state index in [4.69, 9.17) is 0 Å². The molecule has 0 saturated heterocycles. The molecule has 0 aliphatic carbocycles. The molecular weight excluding hydrogens is 222 g/mol. The van der Waals surface area contributed by atoms with E-state index >= 15 is 0 Å². The Morgan fingerprint density at radius 2 is 1.89 bits per heavy atom. The van der Waals surface area contributed by atoms with Crippen molar-refractivity contribution in [2.75, 3.05) is 6.54 Å². The molecule has 0 heterocycles. The third-order valence-electron chi connectivity index (χ3n) is 3.35. The van der Waals surface area contributed by atoms with Crippen LogP contribution >= 0.6 is 0 Å². The Hall–Kier alpha value is -0.860. The minimum absolute atomic E-state index is 0.133. The summed E-state index contributed by atoms with van der Waals surface area (Å²) in [4.78, 5) is 0. The van der Waals surface area contributed by atoms with Gasteiger partial charge < -0.3 is 10.4 Å². The van der Waals surface area contributed by atoms with Gasteiger partial charge in [-0.05, 0) is 43.9 Å². The van der Waals surface area contributed by atoms with Crippen LogP contribution in [0.4, 0.5) is 0 Å². The van der Waals surface area contributed by atoms with E-state index < -0.39 is 6.10 Å². The molecule has 2 N–H and O–H groups in total. The van der Waals surface area contributed by atoms with E-state index in [1.165, 1.54) is 11.1 Å². The number of aryl methyl sites for hydroxylation is 2. The number of nitrogens with one attached hydrogen (secondary N) is 1. The first-order chi connectivity index (χ1) is 8.45. The van der Waals surface area contributed by atoms with Gasteiger partial charge in [-0.1, -0.05) is 44.5 Å². The molecule has 18 heavy (non-hydrogen) atoms. The molecule has 1 aromatic carbocycles. The summed E-state index contributed by atoms with van der Waals surface area (Å²) in [6.07, 6.45) is 0.510. The molecule has 2 atom stereocenters. The van der Waals surface area contributed by atoms with Gasteiger partial charge in [0, 0.05) is 6.04 Å². The fraction of sp³-hybridized carbons (Fsp3) is 0.625. The largest absolute Gasteiger partial charge is 0.387 e. The maximum absolute atomic E-state index is 10.5. The molecule has 0 spiro atoms. The molecule has 2 nitrogen and oxygen atoms in total. The van der Waals surface area contributed by atoms with Crippen molar-refractivity contribution in [2.24, 2.45) is 5.92 Å². The molecule has 0 amide bonds. The lowest BCUT2D eigenvalue weighted by molar-refractivity contribution is 0.123. The van der Waals surface area contributed by atoms with Gasteiger partial charge in [-0.2, -0.15) is 0 Å². The van der Waals surface area contributed by atoms with Gasteiger partial charge in [0.25, 0.3) is 0 Å². The van der Waals surface area contributed by atoms with E-state index in [2.05, 4.69) is 58.1 Å². The summed E-state index contributed by atoms with van der Waals surface area (Å²) in [5, 5.41) is 14.0. The molecule has 2 heteroatoms. The van der Waals surface area contributed by atoms with Crippen molar-refractivity contribution in [3.05, 3.63) is 34.9 Å². The highest BCUT2D eigenvalue weighted by molar-refractivity contribution is 5.32. The monoisotopic (exact) mass is 249 g/mol. The zero-order chi connectivity index (χ0) is 13.7. The van der Waals surface area contributed by atoms with Gasteiger partial charge in [-0.15, -0.1) is 0 Å². The topological polar surface area (TPSA) is 32.3 Å². The molecular formula is C16H27NO. The standard InChI is InChI=1S/C16H27NO/c1-6-15(17-10-11(2)3)16(18)14-8-7-12(4)9-13(14)5/h7-9,11,15-18H,6,10H2,1-5H3.